The van der Waals surface area contributed by atoms with Crippen LogP contribution in [0.15, 0.2) is 59.5 Å². The van der Waals surface area contributed by atoms with E-state index in [-0.39, 0.29) is 11.3 Å². The quantitative estimate of drug-likeness (QED) is 0.656. The second-order valence-corrected chi connectivity index (χ2v) is 7.24. The van der Waals surface area contributed by atoms with Gasteiger partial charge in [-0.25, -0.2) is 13.1 Å². The Morgan fingerprint density at radius 3 is 2.17 bits per heavy atom. The molecule has 1 fully saturated rings. The lowest BCUT2D eigenvalue weighted by Gasteiger charge is -2.07. The lowest BCUT2D eigenvalue weighted by Crippen LogP contribution is -2.33. The molecule has 1 saturated carbocycles. The summed E-state index contributed by atoms with van der Waals surface area (Å²) in [6, 6.07) is 14.5. The fraction of sp³-hybridized carbons (Fsp3) is 0.188. The zero-order chi connectivity index (χ0) is 17.3. The lowest BCUT2D eigenvalue weighted by molar-refractivity contribution is -0.497. The Bertz CT molecular complexity index is 878. The third kappa shape index (κ3) is 3.28. The largest absolute Gasteiger partial charge is 0.273 e. The van der Waals surface area contributed by atoms with E-state index in [1.165, 1.54) is 12.1 Å². The summed E-state index contributed by atoms with van der Waals surface area (Å²) in [6.45, 7) is 0. The third-order valence-electron chi connectivity index (χ3n) is 3.87. The maximum atomic E-state index is 12.2. The normalized spacial score (nSPS) is 19.5. The number of benzene rings is 2. The molecule has 8 heteroatoms. The Hall–Kier alpha value is -2.74. The minimum absolute atomic E-state index is 0.0613. The first-order valence-electron chi connectivity index (χ1n) is 7.24. The van der Waals surface area contributed by atoms with E-state index < -0.39 is 32.8 Å². The predicted molar refractivity (Wildman–Crippen MR) is 86.1 cm³/mol. The van der Waals surface area contributed by atoms with Gasteiger partial charge in [-0.15, -0.1) is 0 Å². The molecule has 0 aliphatic heterocycles. The van der Waals surface area contributed by atoms with Gasteiger partial charge in [0.25, 0.3) is 10.0 Å². The Labute approximate surface area is 138 Å². The molecule has 24 heavy (non-hydrogen) atoms. The van der Waals surface area contributed by atoms with Gasteiger partial charge in [0, 0.05) is 11.3 Å². The number of nitrogens with one attached hydrogen (secondary N) is 1. The minimum Gasteiger partial charge on any atom is -0.273 e. The second kappa shape index (κ2) is 6.04. The van der Waals surface area contributed by atoms with E-state index in [0.717, 1.165) is 11.1 Å². The van der Waals surface area contributed by atoms with Crippen LogP contribution in [0.1, 0.15) is 6.42 Å². The highest BCUT2D eigenvalue weighted by molar-refractivity contribution is 7.90. The zero-order valence-electron chi connectivity index (χ0n) is 12.5. The van der Waals surface area contributed by atoms with Gasteiger partial charge in [0.2, 0.25) is 11.9 Å². The highest BCUT2D eigenvalue weighted by Crippen LogP contribution is 2.33. The Kier molecular flexibility index (Phi) is 4.06. The number of sulfonamides is 1. The van der Waals surface area contributed by atoms with Crippen LogP contribution in [0.2, 0.25) is 0 Å². The van der Waals surface area contributed by atoms with Gasteiger partial charge in [-0.3, -0.25) is 14.9 Å². The monoisotopic (exact) mass is 346 g/mol. The first-order chi connectivity index (χ1) is 11.4. The molecule has 1 aliphatic carbocycles. The molecule has 7 nitrogen and oxygen atoms in total. The first-order valence-corrected chi connectivity index (χ1v) is 8.72. The van der Waals surface area contributed by atoms with Crippen molar-refractivity contribution in [2.24, 2.45) is 5.92 Å². The predicted octanol–water partition coefficient (Wildman–Crippen LogP) is 1.82. The molecule has 0 unspecified atom stereocenters. The van der Waals surface area contributed by atoms with E-state index in [0.29, 0.717) is 0 Å². The molecule has 1 aliphatic rings. The van der Waals surface area contributed by atoms with Gasteiger partial charge in [0.15, 0.2) is 0 Å². The average Bonchev–Trinajstić information content (AvgIpc) is 3.36. The fourth-order valence-corrected chi connectivity index (χ4v) is 3.45. The number of hydrogen-bond acceptors (Lipinski definition) is 5. The van der Waals surface area contributed by atoms with Crippen LogP contribution in [0.3, 0.4) is 0 Å². The topological polar surface area (TPSA) is 106 Å². The standard InChI is InChI=1S/C16H14N2O5S/c19-16(14-10-15(14)18(20)21)17-24(22,23)13-8-6-12(7-9-13)11-4-2-1-3-5-11/h1-9,14-15H,10H2,(H,17,19)/t14-,15-/m1/s1. The molecule has 0 saturated heterocycles. The van der Waals surface area contributed by atoms with Crippen molar-refractivity contribution >= 4 is 15.9 Å². The molecule has 0 radical (unpaired) electrons. The lowest BCUT2D eigenvalue weighted by atomic mass is 10.1. The van der Waals surface area contributed by atoms with E-state index in [4.69, 9.17) is 0 Å². The Balaban J connectivity index is 1.73. The van der Waals surface area contributed by atoms with E-state index in [1.54, 1.807) is 12.1 Å². The SMILES string of the molecule is O=C(NS(=O)(=O)c1ccc(-c2ccccc2)cc1)[C@@H]1C[C@H]1[N+](=O)[O-]. The first kappa shape index (κ1) is 16.1. The minimum atomic E-state index is -4.03. The van der Waals surface area contributed by atoms with Gasteiger partial charge in [-0.1, -0.05) is 42.5 Å². The molecule has 1 amide bonds. The Morgan fingerprint density at radius 1 is 1.04 bits per heavy atom. The van der Waals surface area contributed by atoms with Gasteiger partial charge in [-0.2, -0.15) is 0 Å². The van der Waals surface area contributed by atoms with Crippen LogP contribution in [-0.4, -0.2) is 25.3 Å². The van der Waals surface area contributed by atoms with Gasteiger partial charge >= 0.3 is 0 Å². The van der Waals surface area contributed by atoms with Crippen molar-refractivity contribution in [2.75, 3.05) is 0 Å². The summed E-state index contributed by atoms with van der Waals surface area (Å²) in [6.07, 6.45) is 0.0707. The number of carbonyl (C=O) groups is 1. The molecule has 0 bridgehead atoms. The highest BCUT2D eigenvalue weighted by atomic mass is 32.2. The smallest absolute Gasteiger partial charge is 0.264 e. The summed E-state index contributed by atoms with van der Waals surface area (Å²) >= 11 is 0. The van der Waals surface area contributed by atoms with Crippen LogP contribution in [0, 0.1) is 16.0 Å². The van der Waals surface area contributed by atoms with Crippen molar-refractivity contribution in [3.63, 3.8) is 0 Å². The highest BCUT2D eigenvalue weighted by Gasteiger charge is 2.54. The van der Waals surface area contributed by atoms with Crippen LogP contribution in [0.5, 0.6) is 0 Å². The van der Waals surface area contributed by atoms with E-state index in [2.05, 4.69) is 0 Å². The molecule has 0 aromatic heterocycles. The number of nitro groups is 1. The third-order valence-corrected chi connectivity index (χ3v) is 5.23. The second-order valence-electron chi connectivity index (χ2n) is 5.56. The van der Waals surface area contributed by atoms with Crippen molar-refractivity contribution in [2.45, 2.75) is 17.4 Å². The maximum Gasteiger partial charge on any atom is 0.264 e. The van der Waals surface area contributed by atoms with Crippen molar-refractivity contribution < 1.29 is 18.1 Å². The summed E-state index contributed by atoms with van der Waals surface area (Å²) in [5.41, 5.74) is 1.79. The molecule has 2 aromatic rings. The molecule has 0 heterocycles. The molecule has 124 valence electrons. The van der Waals surface area contributed by atoms with Crippen molar-refractivity contribution in [1.29, 1.82) is 0 Å². The molecule has 2 atom stereocenters. The molecule has 0 spiro atoms. The summed E-state index contributed by atoms with van der Waals surface area (Å²) in [5, 5.41) is 10.6. The summed E-state index contributed by atoms with van der Waals surface area (Å²) in [7, 11) is -4.03. The van der Waals surface area contributed by atoms with Crippen molar-refractivity contribution in [3.05, 3.63) is 64.7 Å². The summed E-state index contributed by atoms with van der Waals surface area (Å²) in [4.78, 5) is 21.7. The van der Waals surface area contributed by atoms with Gasteiger partial charge in [-0.05, 0) is 23.3 Å². The van der Waals surface area contributed by atoms with E-state index in [9.17, 15) is 23.3 Å². The molecule has 2 aromatic carbocycles. The summed E-state index contributed by atoms with van der Waals surface area (Å²) < 4.78 is 26.3. The molecular weight excluding hydrogens is 332 g/mol. The van der Waals surface area contributed by atoms with Crippen molar-refractivity contribution in [1.82, 2.24) is 4.72 Å². The average molecular weight is 346 g/mol. The summed E-state index contributed by atoms with van der Waals surface area (Å²) in [5.74, 6) is -1.71. The van der Waals surface area contributed by atoms with Gasteiger partial charge < -0.3 is 0 Å². The number of amides is 1. The number of carbonyl (C=O) groups excluding carboxylic acids is 1. The van der Waals surface area contributed by atoms with Crippen LogP contribution < -0.4 is 4.72 Å². The van der Waals surface area contributed by atoms with E-state index >= 15 is 0 Å². The van der Waals surface area contributed by atoms with Gasteiger partial charge in [0.05, 0.1) is 4.90 Å². The number of rotatable bonds is 5. The van der Waals surface area contributed by atoms with E-state index in [1.807, 2.05) is 35.1 Å². The van der Waals surface area contributed by atoms with Crippen LogP contribution >= 0.6 is 0 Å². The molecule has 1 N–H and O–H groups in total. The van der Waals surface area contributed by atoms with Crippen LogP contribution in [0.4, 0.5) is 0 Å². The number of hydrogen-bond donors (Lipinski definition) is 1. The van der Waals surface area contributed by atoms with Crippen molar-refractivity contribution in [3.8, 4) is 11.1 Å². The van der Waals surface area contributed by atoms with Gasteiger partial charge in [0.1, 0.15) is 5.92 Å². The fourth-order valence-electron chi connectivity index (χ4n) is 2.42. The molecule has 3 rings (SSSR count). The zero-order valence-corrected chi connectivity index (χ0v) is 13.3. The Morgan fingerprint density at radius 2 is 1.62 bits per heavy atom. The number of nitrogens with zero attached hydrogens (tertiary/aromatic N) is 1. The van der Waals surface area contributed by atoms with Crippen LogP contribution in [0.25, 0.3) is 11.1 Å². The molecular formula is C16H14N2O5S. The van der Waals surface area contributed by atoms with Crippen LogP contribution in [-0.2, 0) is 14.8 Å². The maximum absolute atomic E-state index is 12.2.